The van der Waals surface area contributed by atoms with Gasteiger partial charge in [-0.1, -0.05) is 6.07 Å². The Kier molecular flexibility index (Phi) is 3.88. The number of anilines is 1. The molecule has 0 spiro atoms. The fourth-order valence-corrected chi connectivity index (χ4v) is 1.79. The summed E-state index contributed by atoms with van der Waals surface area (Å²) in [7, 11) is 0. The highest BCUT2D eigenvalue weighted by atomic mass is 19.1. The van der Waals surface area contributed by atoms with Crippen molar-refractivity contribution in [2.75, 3.05) is 5.32 Å². The van der Waals surface area contributed by atoms with Crippen LogP contribution in [0.3, 0.4) is 0 Å². The first-order valence-electron chi connectivity index (χ1n) is 5.80. The molecule has 1 aromatic heterocycles. The third-order valence-electron chi connectivity index (χ3n) is 2.77. The highest BCUT2D eigenvalue weighted by Crippen LogP contribution is 2.26. The maximum Gasteiger partial charge on any atom is 0.311 e. The summed E-state index contributed by atoms with van der Waals surface area (Å²) in [6, 6.07) is 5.32. The zero-order chi connectivity index (χ0) is 14.7. The number of nitrogens with one attached hydrogen (secondary N) is 1. The van der Waals surface area contributed by atoms with Gasteiger partial charge in [-0.25, -0.2) is 13.8 Å². The van der Waals surface area contributed by atoms with Crippen LogP contribution in [-0.4, -0.2) is 9.91 Å². The molecule has 0 aliphatic rings. The number of hydrogen-bond acceptors (Lipinski definition) is 4. The van der Waals surface area contributed by atoms with Gasteiger partial charge in [0, 0.05) is 23.9 Å². The van der Waals surface area contributed by atoms with Gasteiger partial charge in [0.2, 0.25) is 5.82 Å². The zero-order valence-electron chi connectivity index (χ0n) is 10.5. The Morgan fingerprint density at radius 3 is 2.75 bits per heavy atom. The molecule has 5 nitrogen and oxygen atoms in total. The molecule has 1 atom stereocenters. The SMILES string of the molecule is CC(Nc1ncccc1[N+](=O)[O-])c1ccc(F)cc1F. The van der Waals surface area contributed by atoms with Gasteiger partial charge in [0.25, 0.3) is 0 Å². The topological polar surface area (TPSA) is 68.1 Å². The van der Waals surface area contributed by atoms with Crippen molar-refractivity contribution in [3.8, 4) is 0 Å². The fourth-order valence-electron chi connectivity index (χ4n) is 1.79. The molecule has 1 unspecified atom stereocenters. The predicted molar refractivity (Wildman–Crippen MR) is 69.3 cm³/mol. The van der Waals surface area contributed by atoms with Gasteiger partial charge in [0.1, 0.15) is 11.6 Å². The van der Waals surface area contributed by atoms with E-state index in [9.17, 15) is 18.9 Å². The van der Waals surface area contributed by atoms with E-state index in [0.29, 0.717) is 0 Å². The average Bonchev–Trinajstić information content (AvgIpc) is 2.38. The van der Waals surface area contributed by atoms with Crippen LogP contribution in [0.2, 0.25) is 0 Å². The van der Waals surface area contributed by atoms with Crippen LogP contribution in [0.5, 0.6) is 0 Å². The molecular weight excluding hydrogens is 268 g/mol. The van der Waals surface area contributed by atoms with E-state index in [0.717, 1.165) is 12.1 Å². The van der Waals surface area contributed by atoms with Gasteiger partial charge in [-0.3, -0.25) is 10.1 Å². The van der Waals surface area contributed by atoms with Crippen molar-refractivity contribution in [3.05, 3.63) is 63.8 Å². The molecule has 0 saturated heterocycles. The van der Waals surface area contributed by atoms with Crippen molar-refractivity contribution in [1.82, 2.24) is 4.98 Å². The summed E-state index contributed by atoms with van der Waals surface area (Å²) < 4.78 is 26.5. The number of nitro groups is 1. The lowest BCUT2D eigenvalue weighted by molar-refractivity contribution is -0.384. The minimum absolute atomic E-state index is 0.0359. The van der Waals surface area contributed by atoms with Crippen LogP contribution in [-0.2, 0) is 0 Å². The second kappa shape index (κ2) is 5.60. The van der Waals surface area contributed by atoms with Crippen LogP contribution >= 0.6 is 0 Å². The molecule has 1 aromatic carbocycles. The van der Waals surface area contributed by atoms with E-state index >= 15 is 0 Å². The number of aromatic nitrogens is 1. The Morgan fingerprint density at radius 1 is 1.35 bits per heavy atom. The zero-order valence-corrected chi connectivity index (χ0v) is 10.5. The van der Waals surface area contributed by atoms with Crippen LogP contribution in [0.1, 0.15) is 18.5 Å². The molecule has 2 aromatic rings. The lowest BCUT2D eigenvalue weighted by Crippen LogP contribution is -2.11. The van der Waals surface area contributed by atoms with E-state index < -0.39 is 22.6 Å². The molecule has 2 rings (SSSR count). The standard InChI is InChI=1S/C13H11F2N3O2/c1-8(10-5-4-9(14)7-11(10)15)17-13-12(18(19)20)3-2-6-16-13/h2-8H,1H3,(H,16,17). The number of pyridine rings is 1. The smallest absolute Gasteiger partial charge is 0.311 e. The first-order valence-corrected chi connectivity index (χ1v) is 5.80. The minimum atomic E-state index is -0.719. The fraction of sp³-hybridized carbons (Fsp3) is 0.154. The van der Waals surface area contributed by atoms with Crippen molar-refractivity contribution in [1.29, 1.82) is 0 Å². The van der Waals surface area contributed by atoms with Gasteiger partial charge in [-0.2, -0.15) is 0 Å². The molecule has 1 heterocycles. The molecule has 0 amide bonds. The Morgan fingerprint density at radius 2 is 2.10 bits per heavy atom. The van der Waals surface area contributed by atoms with Crippen LogP contribution in [0.25, 0.3) is 0 Å². The predicted octanol–water partition coefficient (Wildman–Crippen LogP) is 3.44. The second-order valence-corrected chi connectivity index (χ2v) is 4.16. The van der Waals surface area contributed by atoms with E-state index in [4.69, 9.17) is 0 Å². The largest absolute Gasteiger partial charge is 0.358 e. The van der Waals surface area contributed by atoms with Gasteiger partial charge >= 0.3 is 5.69 Å². The molecule has 0 bridgehead atoms. The van der Waals surface area contributed by atoms with E-state index in [1.165, 1.54) is 24.4 Å². The molecule has 20 heavy (non-hydrogen) atoms. The van der Waals surface area contributed by atoms with Gasteiger partial charge < -0.3 is 5.32 Å². The second-order valence-electron chi connectivity index (χ2n) is 4.16. The maximum absolute atomic E-state index is 13.6. The van der Waals surface area contributed by atoms with Crippen molar-refractivity contribution in [3.63, 3.8) is 0 Å². The number of hydrogen-bond donors (Lipinski definition) is 1. The van der Waals surface area contributed by atoms with Crippen LogP contribution in [0.15, 0.2) is 36.5 Å². The summed E-state index contributed by atoms with van der Waals surface area (Å²) in [6.07, 6.45) is 1.39. The maximum atomic E-state index is 13.6. The number of rotatable bonds is 4. The summed E-state index contributed by atoms with van der Waals surface area (Å²) in [4.78, 5) is 14.1. The lowest BCUT2D eigenvalue weighted by Gasteiger charge is -2.15. The highest BCUT2D eigenvalue weighted by molar-refractivity contribution is 5.56. The van der Waals surface area contributed by atoms with Crippen molar-refractivity contribution in [2.45, 2.75) is 13.0 Å². The quantitative estimate of drug-likeness (QED) is 0.687. The molecule has 0 aliphatic heterocycles. The summed E-state index contributed by atoms with van der Waals surface area (Å²) >= 11 is 0. The van der Waals surface area contributed by atoms with Crippen molar-refractivity contribution >= 4 is 11.5 Å². The Labute approximate surface area is 113 Å². The third kappa shape index (κ3) is 2.87. The molecule has 1 N–H and O–H groups in total. The molecular formula is C13H11F2N3O2. The summed E-state index contributed by atoms with van der Waals surface area (Å²) in [5.74, 6) is -1.36. The first kappa shape index (κ1) is 13.9. The Balaban J connectivity index is 2.28. The minimum Gasteiger partial charge on any atom is -0.358 e. The number of benzene rings is 1. The third-order valence-corrected chi connectivity index (χ3v) is 2.77. The van der Waals surface area contributed by atoms with E-state index in [1.807, 2.05) is 0 Å². The van der Waals surface area contributed by atoms with Crippen LogP contribution in [0, 0.1) is 21.7 Å². The monoisotopic (exact) mass is 279 g/mol. The number of halogens is 2. The Hall–Kier alpha value is -2.57. The molecule has 0 radical (unpaired) electrons. The summed E-state index contributed by atoms with van der Waals surface area (Å²) in [5.41, 5.74) is -0.00628. The normalized spacial score (nSPS) is 11.9. The van der Waals surface area contributed by atoms with Gasteiger partial charge in [0.05, 0.1) is 11.0 Å². The van der Waals surface area contributed by atoms with Crippen LogP contribution in [0.4, 0.5) is 20.3 Å². The Bertz CT molecular complexity index is 649. The molecule has 0 saturated carbocycles. The van der Waals surface area contributed by atoms with Gasteiger partial charge in [0.15, 0.2) is 0 Å². The molecule has 0 fully saturated rings. The summed E-state index contributed by atoms with van der Waals surface area (Å²) in [5, 5.41) is 13.6. The van der Waals surface area contributed by atoms with Crippen molar-refractivity contribution in [2.24, 2.45) is 0 Å². The highest BCUT2D eigenvalue weighted by Gasteiger charge is 2.18. The molecule has 0 aliphatic carbocycles. The van der Waals surface area contributed by atoms with E-state index in [-0.39, 0.29) is 17.1 Å². The van der Waals surface area contributed by atoms with E-state index in [1.54, 1.807) is 6.92 Å². The molecule has 7 heteroatoms. The average molecular weight is 279 g/mol. The number of nitrogens with zero attached hydrogens (tertiary/aromatic N) is 2. The summed E-state index contributed by atoms with van der Waals surface area (Å²) in [6.45, 7) is 1.61. The van der Waals surface area contributed by atoms with E-state index in [2.05, 4.69) is 10.3 Å². The van der Waals surface area contributed by atoms with Gasteiger partial charge in [-0.15, -0.1) is 0 Å². The van der Waals surface area contributed by atoms with Crippen molar-refractivity contribution < 1.29 is 13.7 Å². The lowest BCUT2D eigenvalue weighted by atomic mass is 10.1. The van der Waals surface area contributed by atoms with Crippen LogP contribution < -0.4 is 5.32 Å². The first-order chi connectivity index (χ1) is 9.49. The van der Waals surface area contributed by atoms with Gasteiger partial charge in [-0.05, 0) is 19.1 Å². The molecule has 104 valence electrons.